The van der Waals surface area contributed by atoms with Crippen LogP contribution < -0.4 is 24.8 Å². The summed E-state index contributed by atoms with van der Waals surface area (Å²) >= 11 is 0. The van der Waals surface area contributed by atoms with E-state index < -0.39 is 6.04 Å². The van der Waals surface area contributed by atoms with Crippen LogP contribution in [-0.2, 0) is 4.79 Å². The summed E-state index contributed by atoms with van der Waals surface area (Å²) in [5.41, 5.74) is 1.99. The molecule has 0 radical (unpaired) electrons. The molecule has 3 aromatic rings. The summed E-state index contributed by atoms with van der Waals surface area (Å²) < 4.78 is 12.7. The maximum absolute atomic E-state index is 13.3. The third kappa shape index (κ3) is 3.38. The van der Waals surface area contributed by atoms with Crippen LogP contribution in [0.25, 0.3) is 0 Å². The number of anilines is 2. The number of aromatic nitrogens is 4. The Bertz CT molecular complexity index is 1080. The molecule has 0 saturated heterocycles. The largest absolute Gasteiger partial charge is 0.497 e. The first-order valence-corrected chi connectivity index (χ1v) is 8.99. The van der Waals surface area contributed by atoms with E-state index in [1.165, 1.54) is 0 Å². The van der Waals surface area contributed by atoms with Gasteiger partial charge in [0.25, 0.3) is 5.91 Å². The van der Waals surface area contributed by atoms with Crippen molar-refractivity contribution in [1.82, 2.24) is 15.1 Å². The van der Waals surface area contributed by atoms with Crippen LogP contribution in [0.5, 0.6) is 11.5 Å². The summed E-state index contributed by atoms with van der Waals surface area (Å²) in [6.45, 7) is 1.84. The minimum atomic E-state index is -0.488. The summed E-state index contributed by atoms with van der Waals surface area (Å²) in [7, 11) is 3.18. The predicted octanol–water partition coefficient (Wildman–Crippen LogP) is 2.04. The Kier molecular flexibility index (Phi) is 4.86. The number of H-pyrrole nitrogens is 1. The Morgan fingerprint density at radius 1 is 1.17 bits per heavy atom. The van der Waals surface area contributed by atoms with Crippen molar-refractivity contribution in [3.05, 3.63) is 65.8 Å². The number of nitrogens with zero attached hydrogens (tertiary/aromatic N) is 3. The molecule has 0 bridgehead atoms. The number of ether oxygens (including phenoxy) is 2. The number of pyridine rings is 1. The molecule has 0 aliphatic carbocycles. The smallest absolute Gasteiger partial charge is 0.416 e. The van der Waals surface area contributed by atoms with Crippen molar-refractivity contribution >= 4 is 17.7 Å². The number of methoxy groups -OCH3 is 2. The number of hydrogen-bond acceptors (Lipinski definition) is 6. The lowest BCUT2D eigenvalue weighted by atomic mass is 9.94. The highest BCUT2D eigenvalue weighted by molar-refractivity contribution is 6.05. The van der Waals surface area contributed by atoms with Gasteiger partial charge in [0.2, 0.25) is 0 Å². The molecule has 29 heavy (non-hydrogen) atoms. The van der Waals surface area contributed by atoms with Crippen molar-refractivity contribution in [3.63, 3.8) is 0 Å². The van der Waals surface area contributed by atoms with E-state index in [0.29, 0.717) is 34.5 Å². The molecule has 1 aliphatic rings. The van der Waals surface area contributed by atoms with E-state index in [9.17, 15) is 4.79 Å². The van der Waals surface area contributed by atoms with Gasteiger partial charge >= 0.3 is 5.95 Å². The van der Waals surface area contributed by atoms with Gasteiger partial charge in [-0.3, -0.25) is 4.79 Å². The van der Waals surface area contributed by atoms with Crippen LogP contribution in [-0.4, -0.2) is 35.2 Å². The monoisotopic (exact) mass is 393 g/mol. The van der Waals surface area contributed by atoms with Crippen molar-refractivity contribution in [1.29, 1.82) is 0 Å². The molecule has 0 fully saturated rings. The van der Waals surface area contributed by atoms with Crippen LogP contribution in [0.4, 0.5) is 11.8 Å². The van der Waals surface area contributed by atoms with E-state index in [1.807, 2.05) is 25.1 Å². The van der Waals surface area contributed by atoms with Crippen LogP contribution in [0, 0.1) is 0 Å². The summed E-state index contributed by atoms with van der Waals surface area (Å²) in [6, 6.07) is 10.4. The Morgan fingerprint density at radius 2 is 2.03 bits per heavy atom. The van der Waals surface area contributed by atoms with Crippen molar-refractivity contribution in [2.75, 3.05) is 24.9 Å². The second-order valence-corrected chi connectivity index (χ2v) is 6.42. The normalized spacial score (nSPS) is 15.3. The molecular weight excluding hydrogens is 372 g/mol. The number of fused-ring (bicyclic) bond motifs is 1. The number of amides is 1. The third-order valence-electron chi connectivity index (χ3n) is 4.73. The van der Waals surface area contributed by atoms with E-state index in [2.05, 4.69) is 25.7 Å². The van der Waals surface area contributed by atoms with Gasteiger partial charge in [-0.05, 0) is 31.2 Å². The van der Waals surface area contributed by atoms with E-state index >= 15 is 0 Å². The zero-order valence-electron chi connectivity index (χ0n) is 16.3. The number of carbonyl (C=O) groups excluding carboxylic acids is 1. The summed E-state index contributed by atoms with van der Waals surface area (Å²) in [5.74, 6) is 2.05. The second kappa shape index (κ2) is 7.63. The predicted molar refractivity (Wildman–Crippen MR) is 106 cm³/mol. The second-order valence-electron chi connectivity index (χ2n) is 6.42. The van der Waals surface area contributed by atoms with E-state index in [4.69, 9.17) is 9.47 Å². The molecule has 1 aliphatic heterocycles. The summed E-state index contributed by atoms with van der Waals surface area (Å²) in [6.07, 6.45) is 3.19. The molecule has 9 nitrogen and oxygen atoms in total. The van der Waals surface area contributed by atoms with Gasteiger partial charge in [0, 0.05) is 17.8 Å². The van der Waals surface area contributed by atoms with Gasteiger partial charge in [-0.2, -0.15) is 0 Å². The van der Waals surface area contributed by atoms with Crippen LogP contribution in [0.2, 0.25) is 0 Å². The standard InChI is InChI=1S/C20H20N6O3/c1-12-17(19(27)25-16-6-4-5-9-21-16)18(26-20(24-12)22-11-23-26)14-8-7-13(28-2)10-15(14)29-3/h4-11,18H,1-3H3,(H2,21,22,23,24,25,27)/p+1. The molecule has 3 heterocycles. The molecular formula is C20H21N6O3+. The number of rotatable bonds is 5. The average molecular weight is 393 g/mol. The molecule has 1 atom stereocenters. The van der Waals surface area contributed by atoms with Crippen molar-refractivity contribution in [3.8, 4) is 11.5 Å². The maximum Gasteiger partial charge on any atom is 0.416 e. The molecule has 1 amide bonds. The molecule has 9 heteroatoms. The maximum atomic E-state index is 13.3. The molecule has 0 spiro atoms. The number of benzene rings is 1. The van der Waals surface area contributed by atoms with Crippen molar-refractivity contribution in [2.45, 2.75) is 13.0 Å². The zero-order chi connectivity index (χ0) is 20.4. The Morgan fingerprint density at radius 3 is 2.76 bits per heavy atom. The summed E-state index contributed by atoms with van der Waals surface area (Å²) in [5, 5.41) is 9.12. The molecule has 148 valence electrons. The molecule has 0 saturated carbocycles. The lowest BCUT2D eigenvalue weighted by Gasteiger charge is -2.25. The quantitative estimate of drug-likeness (QED) is 0.573. The Labute approximate surface area is 167 Å². The Hall–Kier alpha value is -3.88. The lowest BCUT2D eigenvalue weighted by Crippen LogP contribution is -2.50. The number of aromatic amines is 1. The highest BCUT2D eigenvalue weighted by atomic mass is 16.5. The molecule has 4 rings (SSSR count). The van der Waals surface area contributed by atoms with Crippen LogP contribution in [0.1, 0.15) is 18.5 Å². The first-order chi connectivity index (χ1) is 14.1. The van der Waals surface area contributed by atoms with Gasteiger partial charge in [-0.15, -0.1) is 4.68 Å². The van der Waals surface area contributed by atoms with Crippen molar-refractivity contribution in [2.24, 2.45) is 0 Å². The highest BCUT2D eigenvalue weighted by Crippen LogP contribution is 2.36. The van der Waals surface area contributed by atoms with E-state index in [1.54, 1.807) is 49.6 Å². The zero-order valence-corrected chi connectivity index (χ0v) is 16.3. The van der Waals surface area contributed by atoms with Crippen LogP contribution >= 0.6 is 0 Å². The number of nitrogens with one attached hydrogen (secondary N) is 3. The van der Waals surface area contributed by atoms with Gasteiger partial charge in [0.1, 0.15) is 17.3 Å². The van der Waals surface area contributed by atoms with Gasteiger partial charge in [-0.25, -0.2) is 15.4 Å². The topological polar surface area (TPSA) is 105 Å². The fraction of sp³-hybridized carbons (Fsp3) is 0.200. The van der Waals surface area contributed by atoms with Crippen molar-refractivity contribution < 1.29 is 19.0 Å². The first kappa shape index (κ1) is 18.5. The number of hydrogen-bond donors (Lipinski definition) is 3. The SMILES string of the molecule is COc1ccc(C2C(C(=O)Nc3ccccn3)=C(C)Nc3nc[nH][n+]32)c(OC)c1. The average Bonchev–Trinajstić information content (AvgIpc) is 3.21. The van der Waals surface area contributed by atoms with Gasteiger partial charge in [0.05, 0.1) is 25.5 Å². The molecule has 3 N–H and O–H groups in total. The fourth-order valence-electron chi connectivity index (χ4n) is 3.39. The van der Waals surface area contributed by atoms with Gasteiger partial charge in [-0.1, -0.05) is 11.1 Å². The molecule has 1 unspecified atom stereocenters. The van der Waals surface area contributed by atoms with Gasteiger partial charge in [0.15, 0.2) is 12.4 Å². The highest BCUT2D eigenvalue weighted by Gasteiger charge is 2.40. The Balaban J connectivity index is 1.82. The van der Waals surface area contributed by atoms with E-state index in [0.717, 1.165) is 5.56 Å². The molecule has 2 aromatic heterocycles. The fourth-order valence-corrected chi connectivity index (χ4v) is 3.39. The minimum Gasteiger partial charge on any atom is -0.497 e. The van der Waals surface area contributed by atoms with Crippen LogP contribution in [0.15, 0.2) is 60.2 Å². The first-order valence-electron chi connectivity index (χ1n) is 8.99. The summed E-state index contributed by atoms with van der Waals surface area (Å²) in [4.78, 5) is 21.7. The van der Waals surface area contributed by atoms with Gasteiger partial charge < -0.3 is 14.8 Å². The minimum absolute atomic E-state index is 0.274. The number of carbonyl (C=O) groups is 1. The number of allylic oxidation sites excluding steroid dienone is 1. The molecule has 1 aromatic carbocycles. The van der Waals surface area contributed by atoms with E-state index in [-0.39, 0.29) is 5.91 Å². The third-order valence-corrected chi connectivity index (χ3v) is 4.73. The lowest BCUT2D eigenvalue weighted by molar-refractivity contribution is -0.746. The van der Waals surface area contributed by atoms with Crippen LogP contribution in [0.3, 0.4) is 0 Å².